The van der Waals surface area contributed by atoms with Crippen LogP contribution in [0, 0.1) is 30.6 Å². The summed E-state index contributed by atoms with van der Waals surface area (Å²) in [4.78, 5) is 4.32. The SMILES string of the molecule is C#CCC(CC)Nc1cc(C#N)cc(C)n1. The monoisotopic (exact) mass is 213 g/mol. The Bertz CT molecular complexity index is 437. The summed E-state index contributed by atoms with van der Waals surface area (Å²) in [5, 5.41) is 12.1. The second-order valence-corrected chi connectivity index (χ2v) is 3.65. The smallest absolute Gasteiger partial charge is 0.127 e. The predicted octanol–water partition coefficient (Wildman–Crippen LogP) is 2.48. The highest BCUT2D eigenvalue weighted by molar-refractivity contribution is 5.45. The molecule has 1 N–H and O–H groups in total. The van der Waals surface area contributed by atoms with Gasteiger partial charge in [0.1, 0.15) is 5.82 Å². The van der Waals surface area contributed by atoms with E-state index in [0.29, 0.717) is 12.0 Å². The van der Waals surface area contributed by atoms with E-state index in [9.17, 15) is 0 Å². The van der Waals surface area contributed by atoms with Gasteiger partial charge in [0.25, 0.3) is 0 Å². The third kappa shape index (κ3) is 3.29. The molecule has 16 heavy (non-hydrogen) atoms. The molecule has 0 spiro atoms. The van der Waals surface area contributed by atoms with Crippen LogP contribution in [-0.2, 0) is 0 Å². The molecule has 3 heteroatoms. The van der Waals surface area contributed by atoms with Crippen LogP contribution in [0.4, 0.5) is 5.82 Å². The first kappa shape index (κ1) is 12.1. The van der Waals surface area contributed by atoms with Crippen molar-refractivity contribution >= 4 is 5.82 Å². The van der Waals surface area contributed by atoms with Crippen molar-refractivity contribution < 1.29 is 0 Å². The fraction of sp³-hybridized carbons (Fsp3) is 0.385. The van der Waals surface area contributed by atoms with Crippen molar-refractivity contribution in [2.75, 3.05) is 5.32 Å². The van der Waals surface area contributed by atoms with Crippen LogP contribution in [0.3, 0.4) is 0 Å². The van der Waals surface area contributed by atoms with Crippen LogP contribution in [0.2, 0.25) is 0 Å². The maximum Gasteiger partial charge on any atom is 0.127 e. The second kappa shape index (κ2) is 5.78. The van der Waals surface area contributed by atoms with Crippen molar-refractivity contribution in [2.24, 2.45) is 0 Å². The fourth-order valence-electron chi connectivity index (χ4n) is 1.46. The zero-order valence-corrected chi connectivity index (χ0v) is 9.62. The molecule has 82 valence electrons. The molecule has 1 heterocycles. The van der Waals surface area contributed by atoms with E-state index in [1.54, 1.807) is 12.1 Å². The Morgan fingerprint density at radius 3 is 2.88 bits per heavy atom. The number of nitriles is 1. The van der Waals surface area contributed by atoms with Crippen LogP contribution >= 0.6 is 0 Å². The van der Waals surface area contributed by atoms with Crippen LogP contribution < -0.4 is 5.32 Å². The minimum atomic E-state index is 0.214. The van der Waals surface area contributed by atoms with Gasteiger partial charge in [-0.3, -0.25) is 0 Å². The van der Waals surface area contributed by atoms with Gasteiger partial charge in [0.15, 0.2) is 0 Å². The molecule has 1 aromatic heterocycles. The molecule has 0 aliphatic heterocycles. The number of hydrogen-bond donors (Lipinski definition) is 1. The molecule has 1 rings (SSSR count). The lowest BCUT2D eigenvalue weighted by Crippen LogP contribution is -2.18. The summed E-state index contributed by atoms with van der Waals surface area (Å²) in [7, 11) is 0. The molecule has 0 saturated heterocycles. The van der Waals surface area contributed by atoms with Crippen molar-refractivity contribution in [3.63, 3.8) is 0 Å². The molecule has 0 aromatic carbocycles. The topological polar surface area (TPSA) is 48.7 Å². The van der Waals surface area contributed by atoms with Crippen LogP contribution in [0.25, 0.3) is 0 Å². The average Bonchev–Trinajstić information content (AvgIpc) is 2.27. The van der Waals surface area contributed by atoms with Gasteiger partial charge in [0.2, 0.25) is 0 Å². The molecular formula is C13H15N3. The highest BCUT2D eigenvalue weighted by Gasteiger charge is 2.06. The molecule has 1 atom stereocenters. The van der Waals surface area contributed by atoms with Gasteiger partial charge in [-0.15, -0.1) is 12.3 Å². The lowest BCUT2D eigenvalue weighted by molar-refractivity contribution is 0.711. The number of anilines is 1. The van der Waals surface area contributed by atoms with E-state index in [1.807, 2.05) is 6.92 Å². The van der Waals surface area contributed by atoms with E-state index in [4.69, 9.17) is 11.7 Å². The summed E-state index contributed by atoms with van der Waals surface area (Å²) in [6.07, 6.45) is 6.87. The van der Waals surface area contributed by atoms with E-state index in [0.717, 1.165) is 17.9 Å². The predicted molar refractivity (Wildman–Crippen MR) is 64.8 cm³/mol. The summed E-state index contributed by atoms with van der Waals surface area (Å²) in [5.41, 5.74) is 1.45. The number of terminal acetylenes is 1. The first-order chi connectivity index (χ1) is 7.69. The van der Waals surface area contributed by atoms with Crippen LogP contribution in [0.5, 0.6) is 0 Å². The quantitative estimate of drug-likeness (QED) is 0.782. The fourth-order valence-corrected chi connectivity index (χ4v) is 1.46. The number of hydrogen-bond acceptors (Lipinski definition) is 3. The number of nitrogens with zero attached hydrogens (tertiary/aromatic N) is 2. The maximum absolute atomic E-state index is 8.84. The van der Waals surface area contributed by atoms with Gasteiger partial charge in [-0.25, -0.2) is 4.98 Å². The maximum atomic E-state index is 8.84. The first-order valence-corrected chi connectivity index (χ1v) is 5.28. The molecule has 0 aliphatic rings. The zero-order valence-electron chi connectivity index (χ0n) is 9.62. The Kier molecular flexibility index (Phi) is 4.36. The lowest BCUT2D eigenvalue weighted by Gasteiger charge is -2.15. The molecule has 0 saturated carbocycles. The van der Waals surface area contributed by atoms with Gasteiger partial charge in [-0.1, -0.05) is 6.92 Å². The molecule has 1 aromatic rings. The standard InChI is InChI=1S/C13H15N3/c1-4-6-12(5-2)16-13-8-11(9-14)7-10(3)15-13/h1,7-8,12H,5-6H2,2-3H3,(H,15,16). The number of aromatic nitrogens is 1. The third-order valence-corrected chi connectivity index (χ3v) is 2.29. The van der Waals surface area contributed by atoms with Gasteiger partial charge >= 0.3 is 0 Å². The van der Waals surface area contributed by atoms with E-state index in [2.05, 4.69) is 29.2 Å². The summed E-state index contributed by atoms with van der Waals surface area (Å²) >= 11 is 0. The van der Waals surface area contributed by atoms with E-state index in [1.165, 1.54) is 0 Å². The zero-order chi connectivity index (χ0) is 12.0. The Hall–Kier alpha value is -2.00. The van der Waals surface area contributed by atoms with Crippen molar-refractivity contribution in [3.8, 4) is 18.4 Å². The Labute approximate surface area is 96.5 Å². The van der Waals surface area contributed by atoms with Crippen LogP contribution in [-0.4, -0.2) is 11.0 Å². The van der Waals surface area contributed by atoms with Gasteiger partial charge in [0, 0.05) is 18.2 Å². The normalized spacial score (nSPS) is 11.2. The number of pyridine rings is 1. The summed E-state index contributed by atoms with van der Waals surface area (Å²) in [5.74, 6) is 3.35. The Morgan fingerprint density at radius 1 is 1.56 bits per heavy atom. The lowest BCUT2D eigenvalue weighted by atomic mass is 10.1. The molecule has 0 radical (unpaired) electrons. The highest BCUT2D eigenvalue weighted by Crippen LogP contribution is 2.12. The molecule has 0 aliphatic carbocycles. The molecule has 0 bridgehead atoms. The molecule has 0 amide bonds. The number of nitrogens with one attached hydrogen (secondary N) is 1. The molecule has 0 fully saturated rings. The van der Waals surface area contributed by atoms with Crippen molar-refractivity contribution in [1.82, 2.24) is 4.98 Å². The largest absolute Gasteiger partial charge is 0.366 e. The first-order valence-electron chi connectivity index (χ1n) is 5.28. The van der Waals surface area contributed by atoms with Gasteiger partial charge in [-0.2, -0.15) is 5.26 Å². The third-order valence-electron chi connectivity index (χ3n) is 2.29. The highest BCUT2D eigenvalue weighted by atomic mass is 15.0. The Morgan fingerprint density at radius 2 is 2.31 bits per heavy atom. The minimum Gasteiger partial charge on any atom is -0.366 e. The van der Waals surface area contributed by atoms with Gasteiger partial charge in [0.05, 0.1) is 11.6 Å². The molecular weight excluding hydrogens is 198 g/mol. The van der Waals surface area contributed by atoms with Gasteiger partial charge < -0.3 is 5.32 Å². The summed E-state index contributed by atoms with van der Waals surface area (Å²) < 4.78 is 0. The molecule has 3 nitrogen and oxygen atoms in total. The average molecular weight is 213 g/mol. The molecule has 1 unspecified atom stereocenters. The number of aryl methyl sites for hydroxylation is 1. The van der Waals surface area contributed by atoms with E-state index < -0.39 is 0 Å². The number of rotatable bonds is 4. The van der Waals surface area contributed by atoms with E-state index >= 15 is 0 Å². The Balaban J connectivity index is 2.85. The van der Waals surface area contributed by atoms with E-state index in [-0.39, 0.29) is 6.04 Å². The van der Waals surface area contributed by atoms with Crippen LogP contribution in [0.1, 0.15) is 31.0 Å². The summed E-state index contributed by atoms with van der Waals surface area (Å²) in [6, 6.07) is 5.82. The summed E-state index contributed by atoms with van der Waals surface area (Å²) in [6.45, 7) is 3.93. The van der Waals surface area contributed by atoms with Crippen molar-refractivity contribution in [2.45, 2.75) is 32.7 Å². The van der Waals surface area contributed by atoms with Gasteiger partial charge in [-0.05, 0) is 25.5 Å². The van der Waals surface area contributed by atoms with Crippen LogP contribution in [0.15, 0.2) is 12.1 Å². The van der Waals surface area contributed by atoms with Crippen molar-refractivity contribution in [3.05, 3.63) is 23.4 Å². The van der Waals surface area contributed by atoms with Crippen molar-refractivity contribution in [1.29, 1.82) is 5.26 Å². The second-order valence-electron chi connectivity index (χ2n) is 3.65. The minimum absolute atomic E-state index is 0.214.